The third-order valence-electron chi connectivity index (χ3n) is 12.9. The zero-order valence-corrected chi connectivity index (χ0v) is 33.5. The van der Waals surface area contributed by atoms with Gasteiger partial charge >= 0.3 is 0 Å². The van der Waals surface area contributed by atoms with Gasteiger partial charge in [0.05, 0.1) is 5.69 Å². The standard InChI is InChI=1S/C50H52N2S/c1-31(26-45-32(2)53-46-19-13-17-41-47(46)52(45)44-18-12-11-16-40(44)50(41,7)8)20-21-34-28-38-35(27-33-14-9-10-15-37(33)38)29-43(34)51-36-22-23-39-42(30-36)49(5,6)25-24-48(39,3)4/h9-20,22-23,26,28-30,32,51H,21,24-25,27H2,1-8H3/b31-20-,45-26+. The molecule has 3 heteroatoms. The van der Waals surface area contributed by atoms with Crippen molar-refractivity contribution in [2.75, 3.05) is 10.2 Å². The molecule has 0 radical (unpaired) electrons. The van der Waals surface area contributed by atoms with Gasteiger partial charge in [0.15, 0.2) is 0 Å². The summed E-state index contributed by atoms with van der Waals surface area (Å²) in [6, 6.07) is 36.9. The van der Waals surface area contributed by atoms with E-state index in [0.29, 0.717) is 5.25 Å². The number of fused-ring (bicyclic) bond motifs is 6. The molecule has 53 heavy (non-hydrogen) atoms. The average Bonchev–Trinajstić information content (AvgIpc) is 3.49. The summed E-state index contributed by atoms with van der Waals surface area (Å²) in [6.45, 7) is 19.1. The van der Waals surface area contributed by atoms with Crippen molar-refractivity contribution >= 4 is 34.5 Å². The normalized spacial score (nSPS) is 20.6. The Balaban J connectivity index is 1.10. The maximum atomic E-state index is 3.96. The Morgan fingerprint density at radius 3 is 2.32 bits per heavy atom. The topological polar surface area (TPSA) is 15.3 Å². The van der Waals surface area contributed by atoms with Gasteiger partial charge in [0.25, 0.3) is 0 Å². The minimum Gasteiger partial charge on any atom is -0.355 e. The number of thioether (sulfide) groups is 1. The molecule has 0 bridgehead atoms. The quantitative estimate of drug-likeness (QED) is 0.192. The number of hydrogen-bond acceptors (Lipinski definition) is 3. The van der Waals surface area contributed by atoms with Gasteiger partial charge < -0.3 is 10.2 Å². The van der Waals surface area contributed by atoms with Crippen LogP contribution < -0.4 is 10.2 Å². The van der Waals surface area contributed by atoms with E-state index in [2.05, 4.69) is 175 Å². The van der Waals surface area contributed by atoms with Gasteiger partial charge in [-0.2, -0.15) is 0 Å². The van der Waals surface area contributed by atoms with Crippen LogP contribution in [0.25, 0.3) is 11.1 Å². The molecular weight excluding hydrogens is 661 g/mol. The second-order valence-corrected chi connectivity index (χ2v) is 19.1. The van der Waals surface area contributed by atoms with Crippen LogP contribution in [0.15, 0.2) is 125 Å². The highest BCUT2D eigenvalue weighted by molar-refractivity contribution is 8.00. The molecule has 0 saturated carbocycles. The van der Waals surface area contributed by atoms with Crippen molar-refractivity contribution in [1.82, 2.24) is 0 Å². The van der Waals surface area contributed by atoms with Crippen LogP contribution in [-0.4, -0.2) is 5.25 Å². The lowest BCUT2D eigenvalue weighted by Gasteiger charge is -2.47. The molecule has 0 fully saturated rings. The molecule has 0 amide bonds. The van der Waals surface area contributed by atoms with Crippen LogP contribution in [0, 0.1) is 0 Å². The number of nitrogens with zero attached hydrogens (tertiary/aromatic N) is 1. The van der Waals surface area contributed by atoms with Crippen molar-refractivity contribution in [3.8, 4) is 11.1 Å². The van der Waals surface area contributed by atoms with Crippen molar-refractivity contribution in [3.05, 3.63) is 159 Å². The summed E-state index contributed by atoms with van der Waals surface area (Å²) < 4.78 is 0. The van der Waals surface area contributed by atoms with Gasteiger partial charge in [-0.05, 0) is 143 Å². The van der Waals surface area contributed by atoms with Crippen molar-refractivity contribution < 1.29 is 0 Å². The van der Waals surface area contributed by atoms with Gasteiger partial charge in [0.2, 0.25) is 0 Å². The number of rotatable bonds is 5. The molecule has 9 rings (SSSR count). The van der Waals surface area contributed by atoms with Crippen LogP contribution >= 0.6 is 11.8 Å². The summed E-state index contributed by atoms with van der Waals surface area (Å²) in [6.07, 6.45) is 9.17. The predicted molar refractivity (Wildman–Crippen MR) is 228 cm³/mol. The number of para-hydroxylation sites is 2. The summed E-state index contributed by atoms with van der Waals surface area (Å²) in [5.74, 6) is 0. The van der Waals surface area contributed by atoms with E-state index in [0.717, 1.165) is 12.8 Å². The zero-order valence-electron chi connectivity index (χ0n) is 32.7. The molecule has 4 aliphatic rings. The van der Waals surface area contributed by atoms with Gasteiger partial charge in [-0.15, -0.1) is 11.8 Å². The molecule has 2 aliphatic heterocycles. The largest absolute Gasteiger partial charge is 0.355 e. The SMILES string of the molecule is CC(=C/Cc1cc2c(cc1Nc1ccc3c(c1)C(C)(C)CCC3(C)C)Cc1ccccc1-2)/C=C1\C(C)Sc2cccc3c2N1c1ccccc1C3(C)C. The molecule has 2 aliphatic carbocycles. The highest BCUT2D eigenvalue weighted by Gasteiger charge is 2.42. The van der Waals surface area contributed by atoms with Crippen LogP contribution in [-0.2, 0) is 29.1 Å². The predicted octanol–water partition coefficient (Wildman–Crippen LogP) is 13.7. The Bertz CT molecular complexity index is 2370. The Hall–Kier alpha value is -4.47. The van der Waals surface area contributed by atoms with E-state index in [1.807, 2.05) is 11.8 Å². The first-order chi connectivity index (χ1) is 25.3. The summed E-state index contributed by atoms with van der Waals surface area (Å²) in [5, 5.41) is 4.28. The number of anilines is 4. The van der Waals surface area contributed by atoms with Crippen molar-refractivity contribution in [2.45, 2.75) is 107 Å². The van der Waals surface area contributed by atoms with Crippen LogP contribution in [0.1, 0.15) is 107 Å². The minimum atomic E-state index is -0.0603. The van der Waals surface area contributed by atoms with Crippen LogP contribution in [0.3, 0.4) is 0 Å². The number of hydrogen-bond donors (Lipinski definition) is 1. The maximum Gasteiger partial charge on any atom is 0.0635 e. The highest BCUT2D eigenvalue weighted by atomic mass is 32.2. The molecule has 1 atom stereocenters. The fourth-order valence-corrected chi connectivity index (χ4v) is 10.7. The van der Waals surface area contributed by atoms with E-state index in [9.17, 15) is 0 Å². The van der Waals surface area contributed by atoms with Gasteiger partial charge in [0, 0.05) is 38.3 Å². The van der Waals surface area contributed by atoms with Crippen LogP contribution in [0.2, 0.25) is 0 Å². The monoisotopic (exact) mass is 712 g/mol. The van der Waals surface area contributed by atoms with E-state index in [1.54, 1.807) is 0 Å². The van der Waals surface area contributed by atoms with Crippen LogP contribution in [0.4, 0.5) is 22.7 Å². The molecule has 2 nitrogen and oxygen atoms in total. The molecular formula is C50H52N2S. The number of nitrogens with one attached hydrogen (secondary N) is 1. The fraction of sp³-hybridized carbons (Fsp3) is 0.320. The highest BCUT2D eigenvalue weighted by Crippen LogP contribution is 2.57. The van der Waals surface area contributed by atoms with Gasteiger partial charge in [-0.1, -0.05) is 114 Å². The van der Waals surface area contributed by atoms with Crippen molar-refractivity contribution in [1.29, 1.82) is 0 Å². The van der Waals surface area contributed by atoms with Crippen molar-refractivity contribution in [2.24, 2.45) is 0 Å². The molecule has 5 aromatic carbocycles. The molecule has 2 heterocycles. The first kappa shape index (κ1) is 34.3. The molecule has 0 aromatic heterocycles. The number of allylic oxidation sites excluding steroid dienone is 3. The lowest BCUT2D eigenvalue weighted by atomic mass is 9.63. The van der Waals surface area contributed by atoms with Gasteiger partial charge in [-0.25, -0.2) is 0 Å². The fourth-order valence-electron chi connectivity index (χ4n) is 9.60. The van der Waals surface area contributed by atoms with E-state index >= 15 is 0 Å². The number of benzene rings is 5. The zero-order chi connectivity index (χ0) is 36.9. The lowest BCUT2D eigenvalue weighted by Crippen LogP contribution is -2.37. The van der Waals surface area contributed by atoms with Gasteiger partial charge in [0.1, 0.15) is 0 Å². The summed E-state index contributed by atoms with van der Waals surface area (Å²) in [7, 11) is 0. The molecule has 1 N–H and O–H groups in total. The van der Waals surface area contributed by atoms with E-state index in [1.165, 1.54) is 102 Å². The van der Waals surface area contributed by atoms with Crippen molar-refractivity contribution in [3.63, 3.8) is 0 Å². The molecule has 0 spiro atoms. The second kappa shape index (κ2) is 12.3. The van der Waals surface area contributed by atoms with E-state index < -0.39 is 0 Å². The molecule has 0 saturated heterocycles. The third kappa shape index (κ3) is 5.61. The molecule has 1 unspecified atom stereocenters. The third-order valence-corrected chi connectivity index (χ3v) is 14.0. The first-order valence-electron chi connectivity index (χ1n) is 19.6. The Labute approximate surface area is 321 Å². The summed E-state index contributed by atoms with van der Waals surface area (Å²) >= 11 is 1.99. The molecule has 268 valence electrons. The first-order valence-corrected chi connectivity index (χ1v) is 20.4. The van der Waals surface area contributed by atoms with E-state index in [-0.39, 0.29) is 16.2 Å². The van der Waals surface area contributed by atoms with Crippen LogP contribution in [0.5, 0.6) is 0 Å². The maximum absolute atomic E-state index is 3.96. The summed E-state index contributed by atoms with van der Waals surface area (Å²) in [5.41, 5.74) is 20.7. The Kier molecular flexibility index (Phi) is 7.95. The summed E-state index contributed by atoms with van der Waals surface area (Å²) in [4.78, 5) is 3.95. The van der Waals surface area contributed by atoms with Gasteiger partial charge in [-0.3, -0.25) is 0 Å². The smallest absolute Gasteiger partial charge is 0.0635 e. The Morgan fingerprint density at radius 2 is 1.49 bits per heavy atom. The second-order valence-electron chi connectivity index (χ2n) is 17.8. The lowest BCUT2D eigenvalue weighted by molar-refractivity contribution is 0.332. The average molecular weight is 713 g/mol. The van der Waals surface area contributed by atoms with E-state index in [4.69, 9.17) is 0 Å². The Morgan fingerprint density at radius 1 is 0.755 bits per heavy atom. The molecule has 5 aromatic rings. The minimum absolute atomic E-state index is 0.0603.